The molecule has 0 bridgehead atoms. The lowest BCUT2D eigenvalue weighted by atomic mass is 9.89. The van der Waals surface area contributed by atoms with Gasteiger partial charge in [0, 0.05) is 24.2 Å². The number of carbonyl (C=O) groups is 1. The quantitative estimate of drug-likeness (QED) is 0.236. The number of benzene rings is 3. The summed E-state index contributed by atoms with van der Waals surface area (Å²) in [7, 11) is -0.379. The molecule has 4 aromatic rings. The number of ether oxygens (including phenoxy) is 1. The van der Waals surface area contributed by atoms with Crippen LogP contribution in [0.2, 0.25) is 5.02 Å². The van der Waals surface area contributed by atoms with Crippen molar-refractivity contribution < 1.29 is 26.7 Å². The Morgan fingerprint density at radius 2 is 1.69 bits per heavy atom. The number of nitrogens with one attached hydrogen (secondary N) is 1. The van der Waals surface area contributed by atoms with E-state index in [-0.39, 0.29) is 37.5 Å². The van der Waals surface area contributed by atoms with Crippen molar-refractivity contribution in [3.05, 3.63) is 81.7 Å². The van der Waals surface area contributed by atoms with Gasteiger partial charge in [0.1, 0.15) is 22.3 Å². The van der Waals surface area contributed by atoms with Crippen LogP contribution in [-0.4, -0.2) is 45.5 Å². The molecule has 12 heteroatoms. The second-order valence-electron chi connectivity index (χ2n) is 10.3. The van der Waals surface area contributed by atoms with Gasteiger partial charge in [-0.2, -0.15) is 0 Å². The Morgan fingerprint density at radius 3 is 2.29 bits per heavy atom. The van der Waals surface area contributed by atoms with Gasteiger partial charge in [0.25, 0.3) is 5.91 Å². The highest BCUT2D eigenvalue weighted by atomic mass is 35.5. The lowest BCUT2D eigenvalue weighted by Crippen LogP contribution is -2.44. The van der Waals surface area contributed by atoms with Crippen LogP contribution >= 0.6 is 22.9 Å². The van der Waals surface area contributed by atoms with E-state index in [1.807, 2.05) is 19.2 Å². The molecule has 3 N–H and O–H groups in total. The summed E-state index contributed by atoms with van der Waals surface area (Å²) in [5.41, 5.74) is 2.24. The summed E-state index contributed by atoms with van der Waals surface area (Å²) in [6.07, 6.45) is 3.20. The number of fused-ring (bicyclic) bond motifs is 1. The summed E-state index contributed by atoms with van der Waals surface area (Å²) >= 11 is 7.39. The molecule has 7 nitrogen and oxygen atoms in total. The van der Waals surface area contributed by atoms with Crippen molar-refractivity contribution in [1.29, 1.82) is 0 Å². The summed E-state index contributed by atoms with van der Waals surface area (Å²) < 4.78 is 58.3. The van der Waals surface area contributed by atoms with Crippen LogP contribution in [0.15, 0.2) is 59.5 Å². The predicted octanol–water partition coefficient (Wildman–Crippen LogP) is 6.33. The minimum absolute atomic E-state index is 0.00187. The third kappa shape index (κ3) is 6.02. The molecule has 3 aromatic carbocycles. The van der Waals surface area contributed by atoms with Gasteiger partial charge in [-0.05, 0) is 80.3 Å². The molecule has 222 valence electrons. The van der Waals surface area contributed by atoms with Crippen LogP contribution in [-0.2, 0) is 16.6 Å². The van der Waals surface area contributed by atoms with Crippen LogP contribution in [0.25, 0.3) is 21.2 Å². The number of rotatable bonds is 8. The van der Waals surface area contributed by atoms with Crippen LogP contribution < -0.4 is 15.2 Å². The molecule has 1 aliphatic rings. The largest absolute Gasteiger partial charge is 0.496 e. The van der Waals surface area contributed by atoms with E-state index < -0.39 is 27.6 Å². The Labute approximate surface area is 252 Å². The fourth-order valence-corrected chi connectivity index (χ4v) is 7.53. The van der Waals surface area contributed by atoms with Gasteiger partial charge in [0.15, 0.2) is 0 Å². The van der Waals surface area contributed by atoms with Crippen molar-refractivity contribution in [3.8, 4) is 16.9 Å². The molecule has 0 saturated heterocycles. The van der Waals surface area contributed by atoms with E-state index in [9.17, 15) is 22.0 Å². The highest BCUT2D eigenvalue weighted by Crippen LogP contribution is 2.40. The van der Waals surface area contributed by atoms with Crippen molar-refractivity contribution in [3.63, 3.8) is 0 Å². The van der Waals surface area contributed by atoms with Gasteiger partial charge >= 0.3 is 0 Å². The minimum Gasteiger partial charge on any atom is -0.496 e. The Bertz CT molecular complexity index is 1740. The zero-order valence-electron chi connectivity index (χ0n) is 23.0. The maximum absolute atomic E-state index is 14.6. The molecule has 1 saturated carbocycles. The molecule has 0 atom stereocenters. The Kier molecular flexibility index (Phi) is 8.86. The van der Waals surface area contributed by atoms with E-state index >= 15 is 0 Å². The Hall–Kier alpha value is -3.09. The van der Waals surface area contributed by atoms with Gasteiger partial charge in [-0.25, -0.2) is 22.3 Å². The van der Waals surface area contributed by atoms with Gasteiger partial charge in [-0.15, -0.1) is 11.3 Å². The number of carbonyl (C=O) groups excluding carboxylic acids is 1. The molecular formula is C30H30ClF2N3O4S2. The number of primary sulfonamides is 1. The van der Waals surface area contributed by atoms with Crippen LogP contribution in [0.4, 0.5) is 8.78 Å². The molecule has 42 heavy (non-hydrogen) atoms. The summed E-state index contributed by atoms with van der Waals surface area (Å²) in [5, 5.41) is 8.35. The minimum atomic E-state index is -3.84. The van der Waals surface area contributed by atoms with Gasteiger partial charge in [0.2, 0.25) is 10.0 Å². The van der Waals surface area contributed by atoms with Crippen molar-refractivity contribution in [2.45, 2.75) is 49.2 Å². The predicted molar refractivity (Wildman–Crippen MR) is 162 cm³/mol. The first-order chi connectivity index (χ1) is 20.0. The standard InChI is InChI=1S/C30H30ClF2N3O4S2/c1-35-20-6-8-21(9-7-20)36(30(37)29-27(31)26-23(32)12-13-24(33)28(26)41-29)16-19-15-18(5-14-25(19)40-2)17-3-10-22(11-4-17)42(34,38)39/h3-5,10-15,20-21,35H,6-9,16H2,1-2H3,(H2,34,38,39)/t20-,21-. The number of hydrogen-bond donors (Lipinski definition) is 2. The number of sulfonamides is 1. The average molecular weight is 634 g/mol. The first kappa shape index (κ1) is 30.4. The monoisotopic (exact) mass is 633 g/mol. The number of amides is 1. The van der Waals surface area contributed by atoms with Gasteiger partial charge in [-0.1, -0.05) is 29.8 Å². The normalized spacial score (nSPS) is 17.4. The smallest absolute Gasteiger partial charge is 0.266 e. The fourth-order valence-electron chi connectivity index (χ4n) is 5.51. The topological polar surface area (TPSA) is 102 Å². The number of nitrogens with two attached hydrogens (primary N) is 1. The summed E-state index contributed by atoms with van der Waals surface area (Å²) in [6.45, 7) is 0.162. The SMILES string of the molecule is CN[C@H]1CC[C@H](N(Cc2cc(-c3ccc(S(N)(=O)=O)cc3)ccc2OC)C(=O)c2sc3c(F)ccc(F)c3c2Cl)CC1. The molecule has 0 radical (unpaired) electrons. The van der Waals surface area contributed by atoms with Crippen molar-refractivity contribution in [2.24, 2.45) is 5.14 Å². The van der Waals surface area contributed by atoms with Gasteiger partial charge in [0.05, 0.1) is 27.1 Å². The maximum Gasteiger partial charge on any atom is 0.266 e. The molecule has 1 fully saturated rings. The molecule has 0 spiro atoms. The second kappa shape index (κ2) is 12.3. The average Bonchev–Trinajstić information content (AvgIpc) is 3.35. The van der Waals surface area contributed by atoms with E-state index in [2.05, 4.69) is 5.32 Å². The third-order valence-corrected chi connectivity index (χ3v) is 10.4. The number of methoxy groups -OCH3 is 1. The van der Waals surface area contributed by atoms with E-state index in [4.69, 9.17) is 21.5 Å². The fraction of sp³-hybridized carbons (Fsp3) is 0.300. The number of hydrogen-bond acceptors (Lipinski definition) is 6. The van der Waals surface area contributed by atoms with Crippen LogP contribution in [0.3, 0.4) is 0 Å². The van der Waals surface area contributed by atoms with E-state index in [1.165, 1.54) is 19.2 Å². The Morgan fingerprint density at radius 1 is 1.05 bits per heavy atom. The first-order valence-electron chi connectivity index (χ1n) is 13.4. The zero-order valence-corrected chi connectivity index (χ0v) is 25.4. The van der Waals surface area contributed by atoms with E-state index in [0.29, 0.717) is 17.4 Å². The molecule has 5 rings (SSSR count). The van der Waals surface area contributed by atoms with Crippen LogP contribution in [0, 0.1) is 11.6 Å². The molecular weight excluding hydrogens is 604 g/mol. The van der Waals surface area contributed by atoms with Crippen LogP contribution in [0.1, 0.15) is 40.9 Å². The van der Waals surface area contributed by atoms with Crippen LogP contribution in [0.5, 0.6) is 5.75 Å². The first-order valence-corrected chi connectivity index (χ1v) is 16.1. The van der Waals surface area contributed by atoms with Gasteiger partial charge < -0.3 is 15.0 Å². The van der Waals surface area contributed by atoms with Crippen molar-refractivity contribution in [1.82, 2.24) is 10.2 Å². The number of nitrogens with zero attached hydrogens (tertiary/aromatic N) is 1. The molecule has 1 aliphatic carbocycles. The maximum atomic E-state index is 14.6. The molecule has 1 amide bonds. The van der Waals surface area contributed by atoms with Crippen molar-refractivity contribution in [2.75, 3.05) is 14.2 Å². The van der Waals surface area contributed by atoms with E-state index in [0.717, 1.165) is 60.3 Å². The van der Waals surface area contributed by atoms with E-state index in [1.54, 1.807) is 23.1 Å². The lowest BCUT2D eigenvalue weighted by Gasteiger charge is -2.37. The highest BCUT2D eigenvalue weighted by Gasteiger charge is 2.33. The summed E-state index contributed by atoms with van der Waals surface area (Å²) in [4.78, 5) is 16.0. The molecule has 0 unspecified atom stereocenters. The third-order valence-electron chi connectivity index (χ3n) is 7.82. The summed E-state index contributed by atoms with van der Waals surface area (Å²) in [6, 6.07) is 13.9. The molecule has 1 aromatic heterocycles. The van der Waals surface area contributed by atoms with Gasteiger partial charge in [-0.3, -0.25) is 4.79 Å². The summed E-state index contributed by atoms with van der Waals surface area (Å²) in [5.74, 6) is -1.17. The number of halogens is 3. The molecule has 1 heterocycles. The number of thiophene rings is 1. The molecule has 0 aliphatic heterocycles. The second-order valence-corrected chi connectivity index (χ2v) is 13.3. The highest BCUT2D eigenvalue weighted by molar-refractivity contribution is 7.89. The lowest BCUT2D eigenvalue weighted by molar-refractivity contribution is 0.0604. The zero-order chi connectivity index (χ0) is 30.2. The Balaban J connectivity index is 1.55. The van der Waals surface area contributed by atoms with Crippen molar-refractivity contribution >= 4 is 49.0 Å².